The Morgan fingerprint density at radius 1 is 1.00 bits per heavy atom. The Balaban J connectivity index is 1.87. The second-order valence-corrected chi connectivity index (χ2v) is 6.42. The van der Waals surface area contributed by atoms with Crippen LogP contribution in [0.25, 0.3) is 0 Å². The van der Waals surface area contributed by atoms with Gasteiger partial charge in [-0.15, -0.1) is 0 Å². The van der Waals surface area contributed by atoms with E-state index < -0.39 is 0 Å². The van der Waals surface area contributed by atoms with Gasteiger partial charge in [0.1, 0.15) is 6.10 Å². The zero-order chi connectivity index (χ0) is 17.9. The predicted molar refractivity (Wildman–Crippen MR) is 102 cm³/mol. The molecular formula is C22H29NO2. The first-order valence-corrected chi connectivity index (χ1v) is 9.45. The van der Waals surface area contributed by atoms with Crippen molar-refractivity contribution in [3.05, 3.63) is 65.5 Å². The van der Waals surface area contributed by atoms with Crippen molar-refractivity contribution in [2.24, 2.45) is 0 Å². The molecule has 0 saturated heterocycles. The first-order chi connectivity index (χ1) is 12.2. The Bertz CT molecular complexity index is 622. The minimum atomic E-state index is -0.308. The number of esters is 1. The van der Waals surface area contributed by atoms with Gasteiger partial charge >= 0.3 is 5.97 Å². The van der Waals surface area contributed by atoms with Crippen LogP contribution in [0.2, 0.25) is 0 Å². The molecule has 0 amide bonds. The van der Waals surface area contributed by atoms with Crippen LogP contribution in [0.1, 0.15) is 80.1 Å². The fourth-order valence-corrected chi connectivity index (χ4v) is 2.85. The van der Waals surface area contributed by atoms with E-state index in [0.29, 0.717) is 5.56 Å². The highest BCUT2D eigenvalue weighted by Crippen LogP contribution is 2.22. The molecule has 0 radical (unpaired) electrons. The van der Waals surface area contributed by atoms with Crippen LogP contribution >= 0.6 is 0 Å². The standard InChI is InChI=1S/C22H29NO2/c1-3-5-6-7-11-14-20-16-15-19(17-23-20)22(24)25-21(4-2)18-12-9-8-10-13-18/h8-10,12-13,15-17,21H,3-7,11,14H2,1-2H3. The molecule has 3 heteroatoms. The number of hydrogen-bond acceptors (Lipinski definition) is 3. The van der Waals surface area contributed by atoms with Gasteiger partial charge in [-0.1, -0.05) is 69.9 Å². The quantitative estimate of drug-likeness (QED) is 0.399. The number of benzene rings is 1. The summed E-state index contributed by atoms with van der Waals surface area (Å²) in [5.41, 5.74) is 2.59. The fraction of sp³-hybridized carbons (Fsp3) is 0.455. The lowest BCUT2D eigenvalue weighted by Gasteiger charge is -2.16. The summed E-state index contributed by atoms with van der Waals surface area (Å²) in [4.78, 5) is 16.8. The summed E-state index contributed by atoms with van der Waals surface area (Å²) in [6, 6.07) is 13.6. The van der Waals surface area contributed by atoms with Gasteiger partial charge < -0.3 is 4.74 Å². The molecule has 134 valence electrons. The molecule has 1 aromatic carbocycles. The number of pyridine rings is 1. The molecule has 1 aromatic heterocycles. The Labute approximate surface area is 151 Å². The summed E-state index contributed by atoms with van der Waals surface area (Å²) in [6.07, 6.45) is 9.40. The third-order valence-corrected chi connectivity index (χ3v) is 4.39. The van der Waals surface area contributed by atoms with Gasteiger partial charge in [0.25, 0.3) is 0 Å². The number of unbranched alkanes of at least 4 members (excludes halogenated alkanes) is 4. The first-order valence-electron chi connectivity index (χ1n) is 9.45. The molecule has 1 heterocycles. The lowest BCUT2D eigenvalue weighted by molar-refractivity contribution is 0.0287. The lowest BCUT2D eigenvalue weighted by atomic mass is 10.1. The zero-order valence-electron chi connectivity index (χ0n) is 15.4. The van der Waals surface area contributed by atoms with Crippen LogP contribution < -0.4 is 0 Å². The van der Waals surface area contributed by atoms with E-state index in [4.69, 9.17) is 4.74 Å². The van der Waals surface area contributed by atoms with Crippen LogP contribution in [0, 0.1) is 0 Å². The molecule has 0 saturated carbocycles. The van der Waals surface area contributed by atoms with E-state index >= 15 is 0 Å². The zero-order valence-corrected chi connectivity index (χ0v) is 15.4. The van der Waals surface area contributed by atoms with Crippen LogP contribution in [-0.4, -0.2) is 11.0 Å². The monoisotopic (exact) mass is 339 g/mol. The van der Waals surface area contributed by atoms with Crippen LogP contribution in [0.4, 0.5) is 0 Å². The maximum absolute atomic E-state index is 12.4. The summed E-state index contributed by atoms with van der Waals surface area (Å²) < 4.78 is 5.66. The highest BCUT2D eigenvalue weighted by Gasteiger charge is 2.16. The van der Waals surface area contributed by atoms with E-state index in [2.05, 4.69) is 11.9 Å². The largest absolute Gasteiger partial charge is 0.454 e. The van der Waals surface area contributed by atoms with Crippen LogP contribution in [0.15, 0.2) is 48.7 Å². The number of nitrogens with zero attached hydrogens (tertiary/aromatic N) is 1. The summed E-state index contributed by atoms with van der Waals surface area (Å²) >= 11 is 0. The van der Waals surface area contributed by atoms with Gasteiger partial charge in [-0.2, -0.15) is 0 Å². The van der Waals surface area contributed by atoms with Gasteiger partial charge in [-0.05, 0) is 37.0 Å². The average molecular weight is 339 g/mol. The number of carbonyl (C=O) groups is 1. The number of ether oxygens (including phenoxy) is 1. The van der Waals surface area contributed by atoms with Crippen molar-refractivity contribution in [3.8, 4) is 0 Å². The minimum absolute atomic E-state index is 0.216. The highest BCUT2D eigenvalue weighted by atomic mass is 16.5. The normalized spacial score (nSPS) is 11.9. The van der Waals surface area contributed by atoms with Crippen molar-refractivity contribution < 1.29 is 9.53 Å². The van der Waals surface area contributed by atoms with Crippen molar-refractivity contribution in [3.63, 3.8) is 0 Å². The molecule has 0 fully saturated rings. The molecule has 1 unspecified atom stereocenters. The molecule has 3 nitrogen and oxygen atoms in total. The summed E-state index contributed by atoms with van der Waals surface area (Å²) in [5, 5.41) is 0. The molecule has 0 aliphatic carbocycles. The lowest BCUT2D eigenvalue weighted by Crippen LogP contribution is -2.11. The van der Waals surface area contributed by atoms with Gasteiger partial charge in [0.05, 0.1) is 5.56 Å². The second kappa shape index (κ2) is 10.7. The van der Waals surface area contributed by atoms with E-state index in [0.717, 1.165) is 30.5 Å². The number of rotatable bonds is 10. The smallest absolute Gasteiger partial charge is 0.340 e. The molecule has 0 N–H and O–H groups in total. The van der Waals surface area contributed by atoms with Gasteiger partial charge in [-0.25, -0.2) is 4.79 Å². The Kier molecular flexibility index (Phi) is 8.17. The Hall–Kier alpha value is -2.16. The molecule has 2 aromatic rings. The third-order valence-electron chi connectivity index (χ3n) is 4.39. The van der Waals surface area contributed by atoms with E-state index in [1.54, 1.807) is 6.20 Å². The van der Waals surface area contributed by atoms with Gasteiger partial charge in [0, 0.05) is 11.9 Å². The molecular weight excluding hydrogens is 310 g/mol. The molecule has 0 bridgehead atoms. The molecule has 0 aliphatic rings. The van der Waals surface area contributed by atoms with E-state index in [1.807, 2.05) is 49.4 Å². The van der Waals surface area contributed by atoms with Crippen LogP contribution in [0.3, 0.4) is 0 Å². The highest BCUT2D eigenvalue weighted by molar-refractivity contribution is 5.89. The fourth-order valence-electron chi connectivity index (χ4n) is 2.85. The Morgan fingerprint density at radius 3 is 2.40 bits per heavy atom. The third kappa shape index (κ3) is 6.33. The van der Waals surface area contributed by atoms with Crippen molar-refractivity contribution in [2.75, 3.05) is 0 Å². The van der Waals surface area contributed by atoms with Gasteiger partial charge in [-0.3, -0.25) is 4.98 Å². The molecule has 1 atom stereocenters. The summed E-state index contributed by atoms with van der Waals surface area (Å²) in [5.74, 6) is -0.308. The molecule has 0 aliphatic heterocycles. The second-order valence-electron chi connectivity index (χ2n) is 6.42. The molecule has 0 spiro atoms. The SMILES string of the molecule is CCCCCCCc1ccc(C(=O)OC(CC)c2ccccc2)cn1. The minimum Gasteiger partial charge on any atom is -0.454 e. The predicted octanol–water partition coefficient (Wildman–Crippen LogP) is 5.90. The van der Waals surface area contributed by atoms with E-state index in [-0.39, 0.29) is 12.1 Å². The summed E-state index contributed by atoms with van der Waals surface area (Å²) in [7, 11) is 0. The summed E-state index contributed by atoms with van der Waals surface area (Å²) in [6.45, 7) is 4.24. The maximum Gasteiger partial charge on any atom is 0.340 e. The number of hydrogen-bond donors (Lipinski definition) is 0. The van der Waals surface area contributed by atoms with Gasteiger partial charge in [0.2, 0.25) is 0 Å². The number of aryl methyl sites for hydroxylation is 1. The average Bonchev–Trinajstić information content (AvgIpc) is 2.67. The molecule has 2 rings (SSSR count). The first kappa shape index (κ1) is 19.2. The number of aromatic nitrogens is 1. The van der Waals surface area contributed by atoms with Crippen molar-refractivity contribution in [2.45, 2.75) is 64.9 Å². The molecule has 25 heavy (non-hydrogen) atoms. The van der Waals surface area contributed by atoms with Crippen molar-refractivity contribution in [1.29, 1.82) is 0 Å². The van der Waals surface area contributed by atoms with E-state index in [9.17, 15) is 4.79 Å². The van der Waals surface area contributed by atoms with E-state index in [1.165, 1.54) is 25.7 Å². The Morgan fingerprint density at radius 2 is 1.76 bits per heavy atom. The van der Waals surface area contributed by atoms with Crippen LogP contribution in [-0.2, 0) is 11.2 Å². The van der Waals surface area contributed by atoms with Crippen LogP contribution in [0.5, 0.6) is 0 Å². The number of carbonyl (C=O) groups excluding carboxylic acids is 1. The van der Waals surface area contributed by atoms with Crippen molar-refractivity contribution >= 4 is 5.97 Å². The maximum atomic E-state index is 12.4. The van der Waals surface area contributed by atoms with Gasteiger partial charge in [0.15, 0.2) is 0 Å². The topological polar surface area (TPSA) is 39.2 Å². The van der Waals surface area contributed by atoms with Crippen molar-refractivity contribution in [1.82, 2.24) is 4.98 Å².